The van der Waals surface area contributed by atoms with Crippen molar-refractivity contribution in [3.05, 3.63) is 35.8 Å². The first-order valence-corrected chi connectivity index (χ1v) is 8.90. The Kier molecular flexibility index (Phi) is 5.82. The molecule has 1 N–H and O–H groups in total. The van der Waals surface area contributed by atoms with Crippen molar-refractivity contribution in [2.75, 3.05) is 13.1 Å². The highest BCUT2D eigenvalue weighted by Crippen LogP contribution is 2.21. The van der Waals surface area contributed by atoms with Crippen LogP contribution in [0.25, 0.3) is 0 Å². The molecule has 0 aliphatic carbocycles. The van der Waals surface area contributed by atoms with E-state index in [1.54, 1.807) is 6.20 Å². The molecule has 0 radical (unpaired) electrons. The van der Waals surface area contributed by atoms with Crippen molar-refractivity contribution in [3.8, 4) is 5.75 Å². The number of nitrogens with zero attached hydrogens (tertiary/aromatic N) is 4. The van der Waals surface area contributed by atoms with Crippen LogP contribution >= 0.6 is 0 Å². The number of amides is 1. The number of carbonyl (C=O) groups is 1. The van der Waals surface area contributed by atoms with Crippen LogP contribution in [0.5, 0.6) is 5.75 Å². The van der Waals surface area contributed by atoms with Crippen LogP contribution in [-0.2, 0) is 17.9 Å². The highest BCUT2D eigenvalue weighted by atomic mass is 16.5. The molecule has 1 amide bonds. The van der Waals surface area contributed by atoms with Gasteiger partial charge in [0.1, 0.15) is 11.9 Å². The summed E-state index contributed by atoms with van der Waals surface area (Å²) in [5, 5.41) is 10.9. The van der Waals surface area contributed by atoms with Gasteiger partial charge in [-0.2, -0.15) is 0 Å². The Morgan fingerprint density at radius 2 is 2.31 bits per heavy atom. The second kappa shape index (κ2) is 8.27. The van der Waals surface area contributed by atoms with Gasteiger partial charge in [0, 0.05) is 38.2 Å². The van der Waals surface area contributed by atoms with E-state index in [9.17, 15) is 4.79 Å². The Labute approximate surface area is 153 Å². The molecule has 0 aromatic carbocycles. The van der Waals surface area contributed by atoms with E-state index in [4.69, 9.17) is 9.15 Å². The summed E-state index contributed by atoms with van der Waals surface area (Å²) in [5.41, 5.74) is 0.777. The molecule has 1 aliphatic rings. The zero-order valence-electron chi connectivity index (χ0n) is 15.4. The zero-order chi connectivity index (χ0) is 18.5. The molecule has 26 heavy (non-hydrogen) atoms. The highest BCUT2D eigenvalue weighted by molar-refractivity contribution is 5.72. The van der Waals surface area contributed by atoms with E-state index in [1.807, 2.05) is 26.0 Å². The summed E-state index contributed by atoms with van der Waals surface area (Å²) in [6.45, 7) is 8.33. The van der Waals surface area contributed by atoms with Crippen LogP contribution in [0.2, 0.25) is 0 Å². The van der Waals surface area contributed by atoms with Gasteiger partial charge in [0.05, 0.1) is 18.8 Å². The Morgan fingerprint density at radius 3 is 3.04 bits per heavy atom. The van der Waals surface area contributed by atoms with Gasteiger partial charge in [-0.1, -0.05) is 13.8 Å². The smallest absolute Gasteiger partial charge is 0.230 e. The molecule has 1 atom stereocenters. The van der Waals surface area contributed by atoms with Gasteiger partial charge in [0.25, 0.3) is 0 Å². The van der Waals surface area contributed by atoms with Crippen molar-refractivity contribution in [1.29, 1.82) is 0 Å². The monoisotopic (exact) mass is 359 g/mol. The summed E-state index contributed by atoms with van der Waals surface area (Å²) in [5.74, 6) is 2.26. The third kappa shape index (κ3) is 5.01. The SMILES string of the molecule is CC(=O)NCc1cc(OC2CCN(Cc3nnc(C(C)C)o3)C2)ccn1. The van der Waals surface area contributed by atoms with E-state index in [0.717, 1.165) is 31.0 Å². The summed E-state index contributed by atoms with van der Waals surface area (Å²) in [7, 11) is 0. The molecule has 1 saturated heterocycles. The predicted molar refractivity (Wildman–Crippen MR) is 94.5 cm³/mol. The average molecular weight is 359 g/mol. The number of hydrogen-bond acceptors (Lipinski definition) is 7. The summed E-state index contributed by atoms with van der Waals surface area (Å²) in [6, 6.07) is 3.71. The van der Waals surface area contributed by atoms with Crippen molar-refractivity contribution in [3.63, 3.8) is 0 Å². The summed E-state index contributed by atoms with van der Waals surface area (Å²) in [6.07, 6.45) is 2.75. The van der Waals surface area contributed by atoms with E-state index in [-0.39, 0.29) is 17.9 Å². The molecule has 2 aromatic heterocycles. The number of rotatable bonds is 7. The van der Waals surface area contributed by atoms with Crippen molar-refractivity contribution in [2.45, 2.75) is 52.3 Å². The number of likely N-dealkylation sites (tertiary alicyclic amines) is 1. The average Bonchev–Trinajstić information content (AvgIpc) is 3.23. The number of nitrogens with one attached hydrogen (secondary N) is 1. The van der Waals surface area contributed by atoms with Gasteiger partial charge in [-0.3, -0.25) is 14.7 Å². The van der Waals surface area contributed by atoms with E-state index >= 15 is 0 Å². The number of hydrogen-bond donors (Lipinski definition) is 1. The molecule has 8 nitrogen and oxygen atoms in total. The number of aromatic nitrogens is 3. The molecule has 8 heteroatoms. The zero-order valence-corrected chi connectivity index (χ0v) is 15.4. The van der Waals surface area contributed by atoms with Gasteiger partial charge < -0.3 is 14.5 Å². The lowest BCUT2D eigenvalue weighted by Gasteiger charge is -2.15. The van der Waals surface area contributed by atoms with Crippen LogP contribution in [0, 0.1) is 0 Å². The molecule has 2 aromatic rings. The first-order chi connectivity index (χ1) is 12.5. The van der Waals surface area contributed by atoms with Gasteiger partial charge in [-0.05, 0) is 12.5 Å². The lowest BCUT2D eigenvalue weighted by atomic mass is 10.2. The van der Waals surface area contributed by atoms with Gasteiger partial charge in [-0.15, -0.1) is 10.2 Å². The van der Waals surface area contributed by atoms with Crippen LogP contribution in [0.3, 0.4) is 0 Å². The van der Waals surface area contributed by atoms with Crippen molar-refractivity contribution >= 4 is 5.91 Å². The second-order valence-corrected chi connectivity index (χ2v) is 6.85. The largest absolute Gasteiger partial charge is 0.489 e. The lowest BCUT2D eigenvalue weighted by Crippen LogP contribution is -2.25. The van der Waals surface area contributed by atoms with E-state index in [1.165, 1.54) is 6.92 Å². The van der Waals surface area contributed by atoms with Crippen LogP contribution in [0.1, 0.15) is 50.6 Å². The maximum Gasteiger partial charge on any atom is 0.230 e. The predicted octanol–water partition coefficient (Wildman–Crippen LogP) is 1.88. The van der Waals surface area contributed by atoms with Crippen molar-refractivity contribution < 1.29 is 13.9 Å². The minimum atomic E-state index is -0.0776. The molecule has 0 bridgehead atoms. The normalized spacial score (nSPS) is 17.6. The molecule has 3 rings (SSSR count). The third-order valence-electron chi connectivity index (χ3n) is 4.17. The van der Waals surface area contributed by atoms with Crippen LogP contribution in [0.4, 0.5) is 0 Å². The lowest BCUT2D eigenvalue weighted by molar-refractivity contribution is -0.119. The number of carbonyl (C=O) groups excluding carboxylic acids is 1. The minimum absolute atomic E-state index is 0.0776. The first-order valence-electron chi connectivity index (χ1n) is 8.90. The maximum absolute atomic E-state index is 11.0. The molecule has 0 spiro atoms. The van der Waals surface area contributed by atoms with Gasteiger partial charge in [0.2, 0.25) is 17.7 Å². The molecule has 1 fully saturated rings. The Bertz CT molecular complexity index is 746. The standard InChI is InChI=1S/C18H25N5O3/c1-12(2)18-22-21-17(26-18)11-23-7-5-16(10-23)25-15-4-6-19-14(8-15)9-20-13(3)24/h4,6,8,12,16H,5,7,9-11H2,1-3H3,(H,20,24). The summed E-state index contributed by atoms with van der Waals surface area (Å²) >= 11 is 0. The molecular formula is C18H25N5O3. The number of pyridine rings is 1. The highest BCUT2D eigenvalue weighted by Gasteiger charge is 2.25. The summed E-state index contributed by atoms with van der Waals surface area (Å²) in [4.78, 5) is 17.5. The molecule has 3 heterocycles. The fourth-order valence-electron chi connectivity index (χ4n) is 2.83. The Morgan fingerprint density at radius 1 is 1.46 bits per heavy atom. The number of ether oxygens (including phenoxy) is 1. The topological polar surface area (TPSA) is 93.4 Å². The summed E-state index contributed by atoms with van der Waals surface area (Å²) < 4.78 is 11.7. The molecule has 1 unspecified atom stereocenters. The third-order valence-corrected chi connectivity index (χ3v) is 4.17. The molecule has 140 valence electrons. The van der Waals surface area contributed by atoms with Gasteiger partial charge in [0.15, 0.2) is 0 Å². The fourth-order valence-corrected chi connectivity index (χ4v) is 2.83. The molecule has 0 saturated carbocycles. The van der Waals surface area contributed by atoms with E-state index in [0.29, 0.717) is 24.9 Å². The van der Waals surface area contributed by atoms with E-state index in [2.05, 4.69) is 25.4 Å². The second-order valence-electron chi connectivity index (χ2n) is 6.85. The fraction of sp³-hybridized carbons (Fsp3) is 0.556. The van der Waals surface area contributed by atoms with Crippen LogP contribution in [0.15, 0.2) is 22.7 Å². The van der Waals surface area contributed by atoms with Crippen LogP contribution in [-0.4, -0.2) is 45.2 Å². The molecule has 1 aliphatic heterocycles. The van der Waals surface area contributed by atoms with Crippen molar-refractivity contribution in [2.24, 2.45) is 0 Å². The van der Waals surface area contributed by atoms with E-state index < -0.39 is 0 Å². The Balaban J connectivity index is 1.51. The van der Waals surface area contributed by atoms with Gasteiger partial charge >= 0.3 is 0 Å². The van der Waals surface area contributed by atoms with Crippen LogP contribution < -0.4 is 10.1 Å². The molecular weight excluding hydrogens is 334 g/mol. The quantitative estimate of drug-likeness (QED) is 0.806. The first kappa shape index (κ1) is 18.3. The van der Waals surface area contributed by atoms with Gasteiger partial charge in [-0.25, -0.2) is 0 Å². The minimum Gasteiger partial charge on any atom is -0.489 e. The Hall–Kier alpha value is -2.48. The van der Waals surface area contributed by atoms with Crippen molar-refractivity contribution in [1.82, 2.24) is 25.4 Å². The maximum atomic E-state index is 11.0.